The van der Waals surface area contributed by atoms with Gasteiger partial charge in [0.05, 0.1) is 5.41 Å². The predicted octanol–water partition coefficient (Wildman–Crippen LogP) is 3.01. The minimum atomic E-state index is -1.15. The van der Waals surface area contributed by atoms with E-state index in [0.29, 0.717) is 24.0 Å². The average Bonchev–Trinajstić information content (AvgIpc) is 2.98. The zero-order chi connectivity index (χ0) is 12.0. The molecule has 0 radical (unpaired) electrons. The van der Waals surface area contributed by atoms with Gasteiger partial charge in [-0.2, -0.15) is 0 Å². The number of rotatable bonds is 3. The molecule has 0 saturated heterocycles. The molecule has 1 aliphatic carbocycles. The lowest BCUT2D eigenvalue weighted by Gasteiger charge is -2.20. The van der Waals surface area contributed by atoms with Crippen LogP contribution in [-0.2, 0) is 15.9 Å². The first-order valence-electron chi connectivity index (χ1n) is 5.40. The maximum absolute atomic E-state index is 13.7. The van der Waals surface area contributed by atoms with Crippen molar-refractivity contribution < 1.29 is 14.3 Å². The lowest BCUT2D eigenvalue weighted by Crippen LogP contribution is -2.28. The number of hydrogen-bond acceptors (Lipinski definition) is 1. The Labute approximate surface area is 94.1 Å². The van der Waals surface area contributed by atoms with E-state index in [1.165, 1.54) is 0 Å². The Kier molecular flexibility index (Phi) is 2.30. The van der Waals surface area contributed by atoms with Crippen molar-refractivity contribution in [3.63, 3.8) is 0 Å². The maximum atomic E-state index is 13.7. The van der Waals surface area contributed by atoms with Crippen LogP contribution in [0.1, 0.15) is 37.8 Å². The van der Waals surface area contributed by atoms with Crippen molar-refractivity contribution >= 4 is 5.97 Å². The largest absolute Gasteiger partial charge is 0.481 e. The van der Waals surface area contributed by atoms with Crippen LogP contribution in [0.2, 0.25) is 0 Å². The van der Waals surface area contributed by atoms with E-state index in [1.807, 2.05) is 0 Å². The van der Waals surface area contributed by atoms with Gasteiger partial charge in [-0.3, -0.25) is 4.79 Å². The fourth-order valence-corrected chi connectivity index (χ4v) is 1.71. The molecule has 0 amide bonds. The summed E-state index contributed by atoms with van der Waals surface area (Å²) in [6.07, 6.45) is 1.16. The van der Waals surface area contributed by atoms with E-state index in [-0.39, 0.29) is 0 Å². The maximum Gasteiger partial charge on any atom is 0.313 e. The molecule has 0 bridgehead atoms. The Bertz CT molecular complexity index is 416. The van der Waals surface area contributed by atoms with Crippen LogP contribution in [0, 0.1) is 0 Å². The topological polar surface area (TPSA) is 37.3 Å². The molecular formula is C13H15FO2. The van der Waals surface area contributed by atoms with Gasteiger partial charge in [-0.05, 0) is 37.8 Å². The Morgan fingerprint density at radius 2 is 1.81 bits per heavy atom. The molecule has 16 heavy (non-hydrogen) atoms. The Hall–Kier alpha value is -1.38. The number of carboxylic acid groups (broad SMARTS) is 1. The van der Waals surface area contributed by atoms with Crippen LogP contribution < -0.4 is 0 Å². The van der Waals surface area contributed by atoms with Crippen LogP contribution in [0.4, 0.5) is 4.39 Å². The fraction of sp³-hybridized carbons (Fsp3) is 0.462. The van der Waals surface area contributed by atoms with Gasteiger partial charge < -0.3 is 5.11 Å². The second-order valence-corrected chi connectivity index (χ2v) is 4.97. The third-order valence-electron chi connectivity index (χ3n) is 3.35. The molecule has 1 saturated carbocycles. The van der Waals surface area contributed by atoms with Gasteiger partial charge in [0.2, 0.25) is 0 Å². The van der Waals surface area contributed by atoms with Gasteiger partial charge in [0.25, 0.3) is 0 Å². The summed E-state index contributed by atoms with van der Waals surface area (Å²) in [7, 11) is 0. The minimum Gasteiger partial charge on any atom is -0.481 e. The molecule has 86 valence electrons. The Morgan fingerprint density at radius 1 is 1.31 bits per heavy atom. The van der Waals surface area contributed by atoms with Crippen molar-refractivity contribution in [1.82, 2.24) is 0 Å². The van der Waals surface area contributed by atoms with Crippen LogP contribution >= 0.6 is 0 Å². The molecular weight excluding hydrogens is 207 g/mol. The van der Waals surface area contributed by atoms with E-state index in [4.69, 9.17) is 5.11 Å². The number of alkyl halides is 1. The standard InChI is InChI=1S/C13H15FO2/c1-12(2,11(15)16)9-3-5-10(6-4-9)13(14)7-8-13/h3-6H,7-8H2,1-2H3,(H,15,16). The van der Waals surface area contributed by atoms with Crippen LogP contribution in [0.5, 0.6) is 0 Å². The number of carbonyl (C=O) groups is 1. The van der Waals surface area contributed by atoms with E-state index in [0.717, 1.165) is 0 Å². The molecule has 0 spiro atoms. The summed E-state index contributed by atoms with van der Waals surface area (Å²) in [4.78, 5) is 11.0. The first-order chi connectivity index (χ1) is 7.36. The van der Waals surface area contributed by atoms with Gasteiger partial charge in [-0.15, -0.1) is 0 Å². The summed E-state index contributed by atoms with van der Waals surface area (Å²) in [6.45, 7) is 3.29. The number of hydrogen-bond donors (Lipinski definition) is 1. The highest BCUT2D eigenvalue weighted by Crippen LogP contribution is 2.49. The van der Waals surface area contributed by atoms with Crippen LogP contribution in [0.25, 0.3) is 0 Å². The highest BCUT2D eigenvalue weighted by molar-refractivity contribution is 5.80. The predicted molar refractivity (Wildman–Crippen MR) is 59.1 cm³/mol. The van der Waals surface area contributed by atoms with Crippen molar-refractivity contribution in [2.24, 2.45) is 0 Å². The number of halogens is 1. The second-order valence-electron chi connectivity index (χ2n) is 4.97. The van der Waals surface area contributed by atoms with Crippen LogP contribution in [-0.4, -0.2) is 11.1 Å². The van der Waals surface area contributed by atoms with Gasteiger partial charge in [0, 0.05) is 0 Å². The molecule has 2 nitrogen and oxygen atoms in total. The SMILES string of the molecule is CC(C)(C(=O)O)c1ccc(C2(F)CC2)cc1. The normalized spacial score (nSPS) is 18.2. The van der Waals surface area contributed by atoms with Gasteiger partial charge in [-0.25, -0.2) is 4.39 Å². The van der Waals surface area contributed by atoms with E-state index in [9.17, 15) is 9.18 Å². The first kappa shape index (κ1) is 11.1. The molecule has 2 rings (SSSR count). The monoisotopic (exact) mass is 222 g/mol. The smallest absolute Gasteiger partial charge is 0.313 e. The third-order valence-corrected chi connectivity index (χ3v) is 3.35. The second kappa shape index (κ2) is 3.30. The third kappa shape index (κ3) is 1.70. The van der Waals surface area contributed by atoms with E-state index >= 15 is 0 Å². The summed E-state index contributed by atoms with van der Waals surface area (Å²) in [5.74, 6) is -0.873. The summed E-state index contributed by atoms with van der Waals surface area (Å²) >= 11 is 0. The highest BCUT2D eigenvalue weighted by atomic mass is 19.1. The van der Waals surface area contributed by atoms with Crippen molar-refractivity contribution in [3.05, 3.63) is 35.4 Å². The molecule has 1 aromatic rings. The lowest BCUT2D eigenvalue weighted by atomic mass is 9.84. The lowest BCUT2D eigenvalue weighted by molar-refractivity contribution is -0.142. The molecule has 0 atom stereocenters. The van der Waals surface area contributed by atoms with Crippen molar-refractivity contribution in [3.8, 4) is 0 Å². The van der Waals surface area contributed by atoms with Crippen molar-refractivity contribution in [2.75, 3.05) is 0 Å². The van der Waals surface area contributed by atoms with E-state index < -0.39 is 17.1 Å². The quantitative estimate of drug-likeness (QED) is 0.853. The van der Waals surface area contributed by atoms with Gasteiger partial charge in [0.1, 0.15) is 5.67 Å². The van der Waals surface area contributed by atoms with Gasteiger partial charge in [-0.1, -0.05) is 24.3 Å². The molecule has 1 aromatic carbocycles. The average molecular weight is 222 g/mol. The molecule has 1 fully saturated rings. The highest BCUT2D eigenvalue weighted by Gasteiger charge is 2.45. The molecule has 1 aliphatic rings. The number of benzene rings is 1. The summed E-state index contributed by atoms with van der Waals surface area (Å²) in [5, 5.41) is 9.06. The zero-order valence-electron chi connectivity index (χ0n) is 9.46. The Morgan fingerprint density at radius 3 is 2.19 bits per heavy atom. The summed E-state index contributed by atoms with van der Waals surface area (Å²) < 4.78 is 13.7. The molecule has 0 unspecified atom stereocenters. The number of carboxylic acids is 1. The van der Waals surface area contributed by atoms with E-state index in [2.05, 4.69) is 0 Å². The zero-order valence-corrected chi connectivity index (χ0v) is 9.46. The van der Waals surface area contributed by atoms with Gasteiger partial charge >= 0.3 is 5.97 Å². The molecule has 3 heteroatoms. The van der Waals surface area contributed by atoms with E-state index in [1.54, 1.807) is 38.1 Å². The Balaban J connectivity index is 2.29. The molecule has 0 aliphatic heterocycles. The van der Waals surface area contributed by atoms with Crippen LogP contribution in [0.3, 0.4) is 0 Å². The van der Waals surface area contributed by atoms with Crippen molar-refractivity contribution in [2.45, 2.75) is 37.8 Å². The summed E-state index contributed by atoms with van der Waals surface area (Å²) in [5.41, 5.74) is -0.706. The first-order valence-corrected chi connectivity index (χ1v) is 5.40. The molecule has 0 aromatic heterocycles. The summed E-state index contributed by atoms with van der Waals surface area (Å²) in [6, 6.07) is 6.83. The minimum absolute atomic E-state index is 0.578. The fourth-order valence-electron chi connectivity index (χ4n) is 1.71. The van der Waals surface area contributed by atoms with Crippen molar-refractivity contribution in [1.29, 1.82) is 0 Å². The molecule has 0 heterocycles. The number of aliphatic carboxylic acids is 1. The van der Waals surface area contributed by atoms with Crippen LogP contribution in [0.15, 0.2) is 24.3 Å². The molecule has 1 N–H and O–H groups in total. The van der Waals surface area contributed by atoms with Gasteiger partial charge in [0.15, 0.2) is 0 Å².